The third-order valence-electron chi connectivity index (χ3n) is 10.3. The van der Waals surface area contributed by atoms with Gasteiger partial charge in [-0.15, -0.1) is 0 Å². The van der Waals surface area contributed by atoms with Crippen LogP contribution in [0.5, 0.6) is 5.75 Å². The first kappa shape index (κ1) is 41.5. The summed E-state index contributed by atoms with van der Waals surface area (Å²) in [5.74, 6) is -1.56. The molecule has 0 aliphatic carbocycles. The molecule has 13 nitrogen and oxygen atoms in total. The molecule has 3 unspecified atom stereocenters. The molecular weight excluding hydrogens is 714 g/mol. The lowest BCUT2D eigenvalue weighted by atomic mass is 9.83. The minimum absolute atomic E-state index is 0.00636. The number of esters is 1. The molecule has 15 heteroatoms. The molecule has 3 heterocycles. The maximum Gasteiger partial charge on any atom is 0.409 e. The number of hydrogen-bond acceptors (Lipinski definition) is 11. The van der Waals surface area contributed by atoms with Gasteiger partial charge in [0.2, 0.25) is 11.8 Å². The highest BCUT2D eigenvalue weighted by atomic mass is 35.5. The van der Waals surface area contributed by atoms with Gasteiger partial charge < -0.3 is 38.6 Å². The number of rotatable bonds is 8. The van der Waals surface area contributed by atoms with E-state index in [4.69, 9.17) is 35.3 Å². The van der Waals surface area contributed by atoms with Crippen LogP contribution in [0, 0.1) is 5.92 Å². The number of thiol groups is 1. The molecule has 2 N–H and O–H groups in total. The predicted molar refractivity (Wildman–Crippen MR) is 199 cm³/mol. The first-order valence-electron chi connectivity index (χ1n) is 17.4. The number of fused-ring (bicyclic) bond motifs is 5. The number of hydrogen-bond donors (Lipinski definition) is 3. The molecule has 0 aromatic heterocycles. The van der Waals surface area contributed by atoms with Crippen molar-refractivity contribution in [3.8, 4) is 5.75 Å². The summed E-state index contributed by atoms with van der Waals surface area (Å²) in [4.78, 5) is 56.2. The summed E-state index contributed by atoms with van der Waals surface area (Å²) in [5.41, 5.74) is -0.906. The molecule has 2 saturated heterocycles. The van der Waals surface area contributed by atoms with Gasteiger partial charge >= 0.3 is 12.1 Å². The van der Waals surface area contributed by atoms with Crippen LogP contribution in [-0.2, 0) is 39.8 Å². The summed E-state index contributed by atoms with van der Waals surface area (Å²) in [6.45, 7) is 8.88. The fraction of sp³-hybridized carbons (Fsp3) is 0.622. The Balaban J connectivity index is 1.75. The van der Waals surface area contributed by atoms with Gasteiger partial charge in [-0.1, -0.05) is 49.2 Å². The van der Waals surface area contributed by atoms with Gasteiger partial charge in [-0.3, -0.25) is 14.9 Å². The highest BCUT2D eigenvalue weighted by Crippen LogP contribution is 2.49. The number of allylic oxidation sites excluding steroid dienone is 3. The number of carbonyl (C=O) groups is 4. The average Bonchev–Trinajstić information content (AvgIpc) is 3.79. The molecule has 0 saturated carbocycles. The number of anilines is 1. The lowest BCUT2D eigenvalue weighted by molar-refractivity contribution is -0.162. The molecule has 4 rings (SSSR count). The van der Waals surface area contributed by atoms with Gasteiger partial charge in [0, 0.05) is 40.0 Å². The van der Waals surface area contributed by atoms with E-state index >= 15 is 0 Å². The first-order chi connectivity index (χ1) is 24.3. The second-order valence-corrected chi connectivity index (χ2v) is 15.6. The Morgan fingerprint density at radius 1 is 1.25 bits per heavy atom. The number of benzene rings is 1. The molecule has 3 aliphatic heterocycles. The predicted octanol–water partition coefficient (Wildman–Crippen LogP) is 4.61. The summed E-state index contributed by atoms with van der Waals surface area (Å²) in [7, 11) is 6.02. The Morgan fingerprint density at radius 3 is 2.58 bits per heavy atom. The minimum Gasteiger partial charge on any atom is -0.495 e. The lowest BCUT2D eigenvalue weighted by Gasteiger charge is -2.42. The van der Waals surface area contributed by atoms with E-state index in [-0.39, 0.29) is 35.4 Å². The summed E-state index contributed by atoms with van der Waals surface area (Å²) in [5, 5.41) is 14.5. The van der Waals surface area contributed by atoms with Crippen molar-refractivity contribution < 1.29 is 48.0 Å². The van der Waals surface area contributed by atoms with Gasteiger partial charge in [-0.05, 0) is 56.6 Å². The van der Waals surface area contributed by atoms with Crippen LogP contribution < -0.4 is 15.0 Å². The second kappa shape index (κ2) is 16.8. The number of aliphatic hydroxyl groups is 1. The quantitative estimate of drug-likeness (QED) is 0.194. The van der Waals surface area contributed by atoms with Crippen LogP contribution in [-0.4, -0.2) is 109 Å². The van der Waals surface area contributed by atoms with Gasteiger partial charge in [0.25, 0.3) is 0 Å². The van der Waals surface area contributed by atoms with E-state index in [9.17, 15) is 24.3 Å². The molecule has 0 radical (unpaired) electrons. The number of nitrogens with zero attached hydrogens (tertiary/aromatic N) is 2. The molecule has 0 spiro atoms. The lowest BCUT2D eigenvalue weighted by Crippen LogP contribution is -2.63. The van der Waals surface area contributed by atoms with Crippen molar-refractivity contribution in [1.82, 2.24) is 10.2 Å². The molecular formula is C37H52ClN3O10S. The van der Waals surface area contributed by atoms with Crippen LogP contribution in [0.2, 0.25) is 5.02 Å². The highest BCUT2D eigenvalue weighted by molar-refractivity contribution is 7.80. The van der Waals surface area contributed by atoms with E-state index in [1.807, 2.05) is 19.9 Å². The minimum atomic E-state index is -1.82. The fourth-order valence-electron chi connectivity index (χ4n) is 6.73. The fourth-order valence-corrected chi connectivity index (χ4v) is 7.17. The SMILES string of the molecule is COc1cc2cc(c1Cl)N(C)C(=O)C[C@H](OC(=O)[C@H](C)N(C)C(=O)CCC(C)S)[C@]1(C)OC1[C@H](C)C1C[C@@](O)(NC(=O)O1)[C@H](OC)/C=C/C=C(\C)C2. The third-order valence-corrected chi connectivity index (χ3v) is 10.9. The van der Waals surface area contributed by atoms with Crippen molar-refractivity contribution in [1.29, 1.82) is 0 Å². The van der Waals surface area contributed by atoms with Crippen LogP contribution in [0.1, 0.15) is 65.9 Å². The van der Waals surface area contributed by atoms with Crippen LogP contribution in [0.25, 0.3) is 0 Å². The van der Waals surface area contributed by atoms with E-state index in [0.717, 1.165) is 11.1 Å². The number of amides is 3. The zero-order valence-electron chi connectivity index (χ0n) is 31.3. The van der Waals surface area contributed by atoms with Crippen molar-refractivity contribution in [3.05, 3.63) is 46.5 Å². The number of epoxide rings is 1. The number of nitrogens with one attached hydrogen (secondary N) is 1. The van der Waals surface area contributed by atoms with Gasteiger partial charge in [-0.2, -0.15) is 12.6 Å². The molecule has 288 valence electrons. The Bertz CT molecular complexity index is 1590. The Kier molecular flexibility index (Phi) is 13.4. The number of methoxy groups -OCH3 is 2. The number of halogens is 1. The van der Waals surface area contributed by atoms with Crippen molar-refractivity contribution in [3.63, 3.8) is 0 Å². The third kappa shape index (κ3) is 9.25. The van der Waals surface area contributed by atoms with Crippen molar-refractivity contribution >= 4 is 53.8 Å². The van der Waals surface area contributed by atoms with Crippen molar-refractivity contribution in [2.24, 2.45) is 5.92 Å². The monoisotopic (exact) mass is 765 g/mol. The van der Waals surface area contributed by atoms with Gasteiger partial charge in [0.1, 0.15) is 40.7 Å². The highest BCUT2D eigenvalue weighted by Gasteiger charge is 2.64. The summed E-state index contributed by atoms with van der Waals surface area (Å²) < 4.78 is 29.2. The largest absolute Gasteiger partial charge is 0.495 e. The number of likely N-dealkylation sites (N-methyl/N-ethyl adjacent to an activating group) is 1. The second-order valence-electron chi connectivity index (χ2n) is 14.3. The van der Waals surface area contributed by atoms with E-state index in [1.54, 1.807) is 52.1 Å². The molecule has 52 heavy (non-hydrogen) atoms. The van der Waals surface area contributed by atoms with Gasteiger partial charge in [-0.25, -0.2) is 9.59 Å². The van der Waals surface area contributed by atoms with Crippen LogP contribution >= 0.6 is 24.2 Å². The average molecular weight is 766 g/mol. The molecule has 1 aromatic rings. The topological polar surface area (TPSA) is 156 Å². The van der Waals surface area contributed by atoms with Gasteiger partial charge in [0.15, 0.2) is 5.72 Å². The number of carbonyl (C=O) groups excluding carboxylic acids is 4. The van der Waals surface area contributed by atoms with Crippen molar-refractivity contribution in [2.75, 3.05) is 33.2 Å². The molecule has 3 amide bonds. The molecule has 4 bridgehead atoms. The zero-order chi connectivity index (χ0) is 38.7. The maximum atomic E-state index is 14.1. The van der Waals surface area contributed by atoms with Crippen LogP contribution in [0.15, 0.2) is 35.9 Å². The number of alkyl carbamates (subject to hydrolysis) is 1. The van der Waals surface area contributed by atoms with E-state index < -0.39 is 65.7 Å². The first-order valence-corrected chi connectivity index (χ1v) is 18.3. The van der Waals surface area contributed by atoms with Gasteiger partial charge in [0.05, 0.1) is 25.3 Å². The molecule has 1 aromatic carbocycles. The Morgan fingerprint density at radius 2 is 1.94 bits per heavy atom. The molecule has 2 fully saturated rings. The smallest absolute Gasteiger partial charge is 0.409 e. The van der Waals surface area contributed by atoms with E-state index in [1.165, 1.54) is 31.1 Å². The normalized spacial score (nSPS) is 32.2. The Labute approximate surface area is 316 Å². The zero-order valence-corrected chi connectivity index (χ0v) is 33.0. The molecule has 3 aliphatic rings. The summed E-state index contributed by atoms with van der Waals surface area (Å²) in [6, 6.07) is 2.61. The summed E-state index contributed by atoms with van der Waals surface area (Å²) >= 11 is 11.1. The van der Waals surface area contributed by atoms with E-state index in [0.29, 0.717) is 24.3 Å². The van der Waals surface area contributed by atoms with Crippen LogP contribution in [0.4, 0.5) is 10.5 Å². The van der Waals surface area contributed by atoms with Crippen molar-refractivity contribution in [2.45, 2.75) is 114 Å². The van der Waals surface area contributed by atoms with E-state index in [2.05, 4.69) is 17.9 Å². The summed E-state index contributed by atoms with van der Waals surface area (Å²) in [6.07, 6.45) is 1.69. The van der Waals surface area contributed by atoms with Crippen LogP contribution in [0.3, 0.4) is 0 Å². The Hall–Kier alpha value is -3.30. The maximum absolute atomic E-state index is 14.1. The standard InChI is InChI=1S/C37H52ClN3O10S/c1-20-11-10-12-28(48-9)37(46)19-27(49-35(45)39-37)22(3)33-36(5,51-33)29(50-34(44)23(4)40(6)30(42)14-13-21(2)52)18-31(43)41(7)25-16-24(15-20)17-26(47-8)32(25)38/h10-12,16-17,21-23,27-29,33,46,52H,13-15,18-19H2,1-9H3,(H,39,45)/b12-10+,20-11+/t21?,22-,23+,27?,28-,29+,33?,36+,37+/m1/s1. The molecule has 9 atom stereocenters. The number of ether oxygens (including phenoxy) is 5.